The third-order valence-corrected chi connectivity index (χ3v) is 5.06. The molecule has 1 heterocycles. The lowest BCUT2D eigenvalue weighted by atomic mass is 10.1. The fourth-order valence-electron chi connectivity index (χ4n) is 3.36. The van der Waals surface area contributed by atoms with Crippen LogP contribution < -0.4 is 16.0 Å². The number of rotatable bonds is 5. The molecule has 0 bridgehead atoms. The zero-order valence-corrected chi connectivity index (χ0v) is 17.2. The Balaban J connectivity index is 1.38. The van der Waals surface area contributed by atoms with Crippen LogP contribution in [-0.2, 0) is 6.54 Å². The number of nitrogens with zero attached hydrogens (tertiary/aromatic N) is 1. The Bertz CT molecular complexity index is 1170. The molecule has 3 aromatic carbocycles. The maximum atomic E-state index is 12.5. The quantitative estimate of drug-likeness (QED) is 0.541. The highest BCUT2D eigenvalue weighted by molar-refractivity contribution is 6.21. The molecule has 3 aromatic rings. The number of fused-ring (bicyclic) bond motifs is 1. The predicted octanol–water partition coefficient (Wildman–Crippen LogP) is 3.49. The van der Waals surface area contributed by atoms with Crippen LogP contribution in [0.2, 0.25) is 0 Å². The van der Waals surface area contributed by atoms with Crippen molar-refractivity contribution in [2.75, 3.05) is 17.7 Å². The minimum absolute atomic E-state index is 0.133. The fraction of sp³-hybridized carbons (Fsp3) is 0.0833. The Morgan fingerprint density at radius 3 is 1.81 bits per heavy atom. The van der Waals surface area contributed by atoms with E-state index in [2.05, 4.69) is 16.0 Å². The lowest BCUT2D eigenvalue weighted by Crippen LogP contribution is -2.29. The molecule has 8 nitrogen and oxygen atoms in total. The zero-order chi connectivity index (χ0) is 22.7. The number of carbonyl (C=O) groups is 4. The van der Waals surface area contributed by atoms with Gasteiger partial charge < -0.3 is 16.0 Å². The van der Waals surface area contributed by atoms with Gasteiger partial charge in [0.1, 0.15) is 0 Å². The van der Waals surface area contributed by atoms with Crippen molar-refractivity contribution in [3.8, 4) is 0 Å². The van der Waals surface area contributed by atoms with Gasteiger partial charge in [-0.3, -0.25) is 19.3 Å². The highest BCUT2D eigenvalue weighted by Gasteiger charge is 2.34. The van der Waals surface area contributed by atoms with Crippen LogP contribution in [0.4, 0.5) is 16.2 Å². The predicted molar refractivity (Wildman–Crippen MR) is 120 cm³/mol. The summed E-state index contributed by atoms with van der Waals surface area (Å²) in [5, 5.41) is 7.88. The van der Waals surface area contributed by atoms with Crippen LogP contribution in [0.1, 0.15) is 36.6 Å². The molecule has 160 valence electrons. The highest BCUT2D eigenvalue weighted by atomic mass is 16.2. The Kier molecular flexibility index (Phi) is 5.67. The lowest BCUT2D eigenvalue weighted by molar-refractivity contribution is 0.0642. The molecule has 8 heteroatoms. The average Bonchev–Trinajstić information content (AvgIpc) is 3.05. The van der Waals surface area contributed by atoms with Crippen molar-refractivity contribution in [1.29, 1.82) is 0 Å². The van der Waals surface area contributed by atoms with Gasteiger partial charge in [-0.05, 0) is 54.1 Å². The molecule has 4 rings (SSSR count). The molecule has 32 heavy (non-hydrogen) atoms. The molecule has 0 aromatic heterocycles. The Morgan fingerprint density at radius 1 is 0.750 bits per heavy atom. The molecule has 0 saturated heterocycles. The van der Waals surface area contributed by atoms with E-state index in [-0.39, 0.29) is 30.3 Å². The number of hydrogen-bond donors (Lipinski definition) is 3. The van der Waals surface area contributed by atoms with E-state index < -0.39 is 0 Å². The Morgan fingerprint density at radius 2 is 1.28 bits per heavy atom. The van der Waals surface area contributed by atoms with Crippen molar-refractivity contribution in [1.82, 2.24) is 10.2 Å². The number of nitrogens with one attached hydrogen (secondary N) is 3. The number of hydrogen-bond acceptors (Lipinski definition) is 4. The number of carbonyl (C=O) groups excluding carboxylic acids is 4. The molecule has 0 atom stereocenters. The molecule has 0 saturated carbocycles. The first-order chi connectivity index (χ1) is 15.5. The first kappa shape index (κ1) is 20.8. The molecular weight excluding hydrogens is 408 g/mol. The van der Waals surface area contributed by atoms with Crippen LogP contribution in [0.15, 0.2) is 72.8 Å². The summed E-state index contributed by atoms with van der Waals surface area (Å²) in [7, 11) is 1.52. The van der Waals surface area contributed by atoms with Gasteiger partial charge >= 0.3 is 6.03 Å². The molecular formula is C24H20N4O4. The normalized spacial score (nSPS) is 12.3. The van der Waals surface area contributed by atoms with Gasteiger partial charge in [-0.15, -0.1) is 0 Å². The first-order valence-electron chi connectivity index (χ1n) is 9.90. The van der Waals surface area contributed by atoms with E-state index in [1.165, 1.54) is 11.9 Å². The van der Waals surface area contributed by atoms with E-state index in [4.69, 9.17) is 0 Å². The number of urea groups is 1. The standard InChI is InChI=1S/C24H20N4O4/c1-25-24(32)27-18-12-10-17(11-13-18)26-21(29)16-8-6-15(7-9-16)14-28-22(30)19-4-2-3-5-20(19)23(28)31/h2-13H,14H2,1H3,(H,26,29)(H2,25,27,32). The van der Waals surface area contributed by atoms with E-state index in [0.29, 0.717) is 28.1 Å². The number of anilines is 2. The van der Waals surface area contributed by atoms with Gasteiger partial charge in [-0.25, -0.2) is 4.79 Å². The minimum Gasteiger partial charge on any atom is -0.341 e. The summed E-state index contributed by atoms with van der Waals surface area (Å²) < 4.78 is 0. The molecule has 1 aliphatic rings. The van der Waals surface area contributed by atoms with Crippen LogP contribution in [0.5, 0.6) is 0 Å². The van der Waals surface area contributed by atoms with Crippen molar-refractivity contribution >= 4 is 35.1 Å². The molecule has 0 radical (unpaired) electrons. The second kappa shape index (κ2) is 8.73. The summed E-state index contributed by atoms with van der Waals surface area (Å²) in [5.41, 5.74) is 3.16. The van der Waals surface area contributed by atoms with Gasteiger partial charge in [-0.2, -0.15) is 0 Å². The molecule has 1 aliphatic heterocycles. The van der Waals surface area contributed by atoms with Crippen molar-refractivity contribution in [3.05, 3.63) is 95.1 Å². The summed E-state index contributed by atoms with van der Waals surface area (Å²) in [4.78, 5) is 50.1. The Hall–Kier alpha value is -4.46. The summed E-state index contributed by atoms with van der Waals surface area (Å²) in [6.07, 6.45) is 0. The summed E-state index contributed by atoms with van der Waals surface area (Å²) >= 11 is 0. The number of imide groups is 1. The average molecular weight is 428 g/mol. The van der Waals surface area contributed by atoms with Gasteiger partial charge in [0.15, 0.2) is 0 Å². The van der Waals surface area contributed by atoms with Crippen LogP contribution in [0.25, 0.3) is 0 Å². The van der Waals surface area contributed by atoms with Crippen molar-refractivity contribution < 1.29 is 19.2 Å². The third kappa shape index (κ3) is 4.20. The fourth-order valence-corrected chi connectivity index (χ4v) is 3.36. The highest BCUT2D eigenvalue weighted by Crippen LogP contribution is 2.24. The summed E-state index contributed by atoms with van der Waals surface area (Å²) in [5.74, 6) is -0.937. The van der Waals surface area contributed by atoms with E-state index in [1.807, 2.05) is 0 Å². The summed E-state index contributed by atoms with van der Waals surface area (Å²) in [6, 6.07) is 19.8. The first-order valence-corrected chi connectivity index (χ1v) is 9.90. The van der Waals surface area contributed by atoms with Crippen LogP contribution in [0, 0.1) is 0 Å². The summed E-state index contributed by atoms with van der Waals surface area (Å²) in [6.45, 7) is 0.133. The van der Waals surface area contributed by atoms with Crippen LogP contribution in [0.3, 0.4) is 0 Å². The maximum Gasteiger partial charge on any atom is 0.318 e. The zero-order valence-electron chi connectivity index (χ0n) is 17.2. The van der Waals surface area contributed by atoms with E-state index >= 15 is 0 Å². The van der Waals surface area contributed by atoms with Crippen molar-refractivity contribution in [2.45, 2.75) is 6.54 Å². The second-order valence-corrected chi connectivity index (χ2v) is 7.17. The van der Waals surface area contributed by atoms with Crippen molar-refractivity contribution in [2.24, 2.45) is 0 Å². The lowest BCUT2D eigenvalue weighted by Gasteiger charge is -2.14. The molecule has 0 aliphatic carbocycles. The monoisotopic (exact) mass is 428 g/mol. The van der Waals surface area contributed by atoms with E-state index in [9.17, 15) is 19.2 Å². The second-order valence-electron chi connectivity index (χ2n) is 7.17. The number of amides is 5. The molecule has 0 unspecified atom stereocenters. The number of benzene rings is 3. The molecule has 0 spiro atoms. The Labute approximate surface area is 184 Å². The van der Waals surface area contributed by atoms with Crippen molar-refractivity contribution in [3.63, 3.8) is 0 Å². The topological polar surface area (TPSA) is 108 Å². The molecule has 0 fully saturated rings. The van der Waals surface area contributed by atoms with Gasteiger partial charge in [0.05, 0.1) is 17.7 Å². The minimum atomic E-state index is -0.330. The van der Waals surface area contributed by atoms with Gasteiger partial charge in [0, 0.05) is 24.0 Å². The van der Waals surface area contributed by atoms with Crippen LogP contribution >= 0.6 is 0 Å². The third-order valence-electron chi connectivity index (χ3n) is 5.06. The van der Waals surface area contributed by atoms with Gasteiger partial charge in [0.2, 0.25) is 0 Å². The SMILES string of the molecule is CNC(=O)Nc1ccc(NC(=O)c2ccc(CN3C(=O)c4ccccc4C3=O)cc2)cc1. The maximum absolute atomic E-state index is 12.5. The van der Waals surface area contributed by atoms with E-state index in [0.717, 1.165) is 5.56 Å². The largest absolute Gasteiger partial charge is 0.341 e. The van der Waals surface area contributed by atoms with Gasteiger partial charge in [-0.1, -0.05) is 24.3 Å². The molecule has 3 N–H and O–H groups in total. The molecule has 5 amide bonds. The smallest absolute Gasteiger partial charge is 0.318 e. The van der Waals surface area contributed by atoms with Gasteiger partial charge in [0.25, 0.3) is 17.7 Å². The van der Waals surface area contributed by atoms with Crippen LogP contribution in [-0.4, -0.2) is 35.7 Å². The van der Waals surface area contributed by atoms with E-state index in [1.54, 1.807) is 72.8 Å².